The number of furan rings is 1. The number of hydrogen-bond acceptors (Lipinski definition) is 3. The predicted octanol–water partition coefficient (Wildman–Crippen LogP) is 4.19. The first-order valence-corrected chi connectivity index (χ1v) is 8.98. The normalized spacial score (nSPS) is 15.2. The van der Waals surface area contributed by atoms with E-state index in [4.69, 9.17) is 16.6 Å². The molecule has 0 amide bonds. The second-order valence-electron chi connectivity index (χ2n) is 6.35. The first-order chi connectivity index (χ1) is 11.7. The fourth-order valence-electron chi connectivity index (χ4n) is 3.15. The monoisotopic (exact) mass is 344 g/mol. The Morgan fingerprint density at radius 3 is 2.62 bits per heavy atom. The first-order valence-electron chi connectivity index (χ1n) is 8.57. The molecule has 0 unspecified atom stereocenters. The minimum Gasteiger partial charge on any atom is -0.508 e. The Morgan fingerprint density at radius 1 is 1.12 bits per heavy atom. The summed E-state index contributed by atoms with van der Waals surface area (Å²) in [5.74, 6) is 1.15. The number of nitrogens with zero attached hydrogens (tertiary/aromatic N) is 1. The molecule has 1 saturated carbocycles. The highest BCUT2D eigenvalue weighted by Crippen LogP contribution is 2.21. The molecule has 4 nitrogen and oxygen atoms in total. The van der Waals surface area contributed by atoms with Gasteiger partial charge in [-0.1, -0.05) is 37.5 Å². The zero-order chi connectivity index (χ0) is 16.8. The molecule has 1 fully saturated rings. The fraction of sp³-hybridized carbons (Fsp3) is 0.421. The molecule has 1 aliphatic rings. The van der Waals surface area contributed by atoms with Gasteiger partial charge in [0.2, 0.25) is 0 Å². The van der Waals surface area contributed by atoms with Crippen LogP contribution in [0.15, 0.2) is 47.1 Å². The van der Waals surface area contributed by atoms with Gasteiger partial charge in [0.05, 0.1) is 12.8 Å². The molecule has 0 bridgehead atoms. The summed E-state index contributed by atoms with van der Waals surface area (Å²) in [7, 11) is 0. The lowest BCUT2D eigenvalue weighted by Crippen LogP contribution is -2.44. The van der Waals surface area contributed by atoms with Crippen molar-refractivity contribution in [2.24, 2.45) is 0 Å². The van der Waals surface area contributed by atoms with Gasteiger partial charge in [-0.25, -0.2) is 0 Å². The van der Waals surface area contributed by atoms with Gasteiger partial charge >= 0.3 is 0 Å². The Hall–Kier alpha value is -2.01. The zero-order valence-corrected chi connectivity index (χ0v) is 14.6. The number of phenolic OH excluding ortho intramolecular Hbond substituents is 1. The summed E-state index contributed by atoms with van der Waals surface area (Å²) in [5, 5.41) is 14.3. The molecule has 1 aromatic heterocycles. The third-order valence-corrected chi connectivity index (χ3v) is 4.88. The lowest BCUT2D eigenvalue weighted by molar-refractivity contribution is 0.330. The van der Waals surface area contributed by atoms with Crippen LogP contribution in [-0.2, 0) is 13.1 Å². The van der Waals surface area contributed by atoms with Gasteiger partial charge in [-0.15, -0.1) is 0 Å². The van der Waals surface area contributed by atoms with Crippen molar-refractivity contribution in [2.45, 2.75) is 51.2 Å². The second-order valence-corrected chi connectivity index (χ2v) is 6.74. The van der Waals surface area contributed by atoms with E-state index in [0.29, 0.717) is 24.9 Å². The SMILES string of the molecule is Oc1ccccc1CN(Cc1ccco1)C(=S)NC1CCCCC1. The van der Waals surface area contributed by atoms with Gasteiger partial charge in [-0.05, 0) is 43.3 Å². The molecule has 2 N–H and O–H groups in total. The molecule has 2 aromatic rings. The molecule has 0 atom stereocenters. The van der Waals surface area contributed by atoms with Crippen molar-refractivity contribution >= 4 is 17.3 Å². The number of phenols is 1. The zero-order valence-electron chi connectivity index (χ0n) is 13.8. The summed E-state index contributed by atoms with van der Waals surface area (Å²) in [6.07, 6.45) is 7.86. The first kappa shape index (κ1) is 16.8. The summed E-state index contributed by atoms with van der Waals surface area (Å²) < 4.78 is 5.48. The summed E-state index contributed by atoms with van der Waals surface area (Å²) in [6.45, 7) is 1.13. The van der Waals surface area contributed by atoms with E-state index in [1.807, 2.05) is 30.3 Å². The van der Waals surface area contributed by atoms with Crippen LogP contribution in [-0.4, -0.2) is 21.2 Å². The van der Waals surface area contributed by atoms with E-state index in [0.717, 1.165) is 16.4 Å². The Kier molecular flexibility index (Phi) is 5.75. The molecule has 128 valence electrons. The third-order valence-electron chi connectivity index (χ3n) is 4.50. The Labute approximate surface area is 148 Å². The summed E-state index contributed by atoms with van der Waals surface area (Å²) in [6, 6.07) is 11.7. The molecule has 0 radical (unpaired) electrons. The van der Waals surface area contributed by atoms with Crippen molar-refractivity contribution in [3.8, 4) is 5.75 Å². The molecule has 0 spiro atoms. The molecular formula is C19H24N2O2S. The minimum absolute atomic E-state index is 0.294. The second kappa shape index (κ2) is 8.20. The number of rotatable bonds is 5. The van der Waals surface area contributed by atoms with Crippen molar-refractivity contribution in [3.05, 3.63) is 54.0 Å². The van der Waals surface area contributed by atoms with Crippen molar-refractivity contribution < 1.29 is 9.52 Å². The van der Waals surface area contributed by atoms with Gasteiger partial charge in [0.1, 0.15) is 11.5 Å². The topological polar surface area (TPSA) is 48.6 Å². The van der Waals surface area contributed by atoms with Gasteiger partial charge in [-0.2, -0.15) is 0 Å². The van der Waals surface area contributed by atoms with E-state index in [9.17, 15) is 5.11 Å². The molecule has 1 aliphatic carbocycles. The number of para-hydroxylation sites is 1. The fourth-order valence-corrected chi connectivity index (χ4v) is 3.45. The van der Waals surface area contributed by atoms with E-state index >= 15 is 0 Å². The van der Waals surface area contributed by atoms with Crippen molar-refractivity contribution in [3.63, 3.8) is 0 Å². The van der Waals surface area contributed by atoms with E-state index in [2.05, 4.69) is 10.2 Å². The number of benzene rings is 1. The predicted molar refractivity (Wildman–Crippen MR) is 98.7 cm³/mol. The number of nitrogens with one attached hydrogen (secondary N) is 1. The molecular weight excluding hydrogens is 320 g/mol. The van der Waals surface area contributed by atoms with Crippen LogP contribution in [0.4, 0.5) is 0 Å². The highest BCUT2D eigenvalue weighted by atomic mass is 32.1. The van der Waals surface area contributed by atoms with Gasteiger partial charge in [0.15, 0.2) is 5.11 Å². The van der Waals surface area contributed by atoms with Crippen molar-refractivity contribution in [1.82, 2.24) is 10.2 Å². The standard InChI is InChI=1S/C19H24N2O2S/c22-18-11-5-4-7-15(18)13-21(14-17-10-6-12-23-17)19(24)20-16-8-2-1-3-9-16/h4-7,10-12,16,22H,1-3,8-9,13-14H2,(H,20,24). The number of thiocarbonyl (C=S) groups is 1. The Morgan fingerprint density at radius 2 is 1.92 bits per heavy atom. The quantitative estimate of drug-likeness (QED) is 0.796. The van der Waals surface area contributed by atoms with Crippen LogP contribution in [0, 0.1) is 0 Å². The molecule has 24 heavy (non-hydrogen) atoms. The summed E-state index contributed by atoms with van der Waals surface area (Å²) in [5.41, 5.74) is 0.858. The number of aromatic hydroxyl groups is 1. The maximum atomic E-state index is 10.1. The van der Waals surface area contributed by atoms with Crippen LogP contribution < -0.4 is 5.32 Å². The van der Waals surface area contributed by atoms with Gasteiger partial charge in [0, 0.05) is 18.2 Å². The van der Waals surface area contributed by atoms with Gasteiger partial charge in [0.25, 0.3) is 0 Å². The van der Waals surface area contributed by atoms with E-state index in [-0.39, 0.29) is 0 Å². The van der Waals surface area contributed by atoms with Crippen molar-refractivity contribution in [1.29, 1.82) is 0 Å². The highest BCUT2D eigenvalue weighted by molar-refractivity contribution is 7.80. The maximum Gasteiger partial charge on any atom is 0.169 e. The summed E-state index contributed by atoms with van der Waals surface area (Å²) >= 11 is 5.66. The average Bonchev–Trinajstić information content (AvgIpc) is 3.10. The van der Waals surface area contributed by atoms with Crippen LogP contribution in [0.25, 0.3) is 0 Å². The molecule has 0 aliphatic heterocycles. The maximum absolute atomic E-state index is 10.1. The largest absolute Gasteiger partial charge is 0.508 e. The van der Waals surface area contributed by atoms with Gasteiger partial charge < -0.3 is 19.7 Å². The third kappa shape index (κ3) is 4.51. The van der Waals surface area contributed by atoms with Crippen LogP contribution in [0.5, 0.6) is 5.75 Å². The van der Waals surface area contributed by atoms with Crippen LogP contribution in [0.3, 0.4) is 0 Å². The van der Waals surface area contributed by atoms with Gasteiger partial charge in [-0.3, -0.25) is 0 Å². The average molecular weight is 344 g/mol. The molecule has 1 heterocycles. The molecule has 5 heteroatoms. The van der Waals surface area contributed by atoms with Crippen LogP contribution in [0.2, 0.25) is 0 Å². The number of hydrogen-bond donors (Lipinski definition) is 2. The Balaban J connectivity index is 1.71. The van der Waals surface area contributed by atoms with Crippen LogP contribution >= 0.6 is 12.2 Å². The molecule has 3 rings (SSSR count). The van der Waals surface area contributed by atoms with E-state index in [1.54, 1.807) is 12.3 Å². The van der Waals surface area contributed by atoms with Crippen LogP contribution in [0.1, 0.15) is 43.4 Å². The summed E-state index contributed by atoms with van der Waals surface area (Å²) in [4.78, 5) is 2.05. The highest BCUT2D eigenvalue weighted by Gasteiger charge is 2.19. The Bertz CT molecular complexity index is 651. The smallest absolute Gasteiger partial charge is 0.169 e. The van der Waals surface area contributed by atoms with Crippen molar-refractivity contribution in [2.75, 3.05) is 0 Å². The van der Waals surface area contributed by atoms with E-state index < -0.39 is 0 Å². The lowest BCUT2D eigenvalue weighted by Gasteiger charge is -2.30. The molecule has 0 saturated heterocycles. The lowest BCUT2D eigenvalue weighted by atomic mass is 9.96. The minimum atomic E-state index is 0.294. The molecule has 1 aromatic carbocycles. The van der Waals surface area contributed by atoms with E-state index in [1.165, 1.54) is 32.1 Å².